The number of anilines is 1. The topological polar surface area (TPSA) is 111 Å². The molecule has 0 saturated carbocycles. The lowest BCUT2D eigenvalue weighted by Crippen LogP contribution is -2.34. The largest absolute Gasteiger partial charge is 0.490 e. The van der Waals surface area contributed by atoms with E-state index in [2.05, 4.69) is 10.1 Å². The Morgan fingerprint density at radius 1 is 1.11 bits per heavy atom. The number of benzene rings is 2. The quantitative estimate of drug-likeness (QED) is 0.344. The summed E-state index contributed by atoms with van der Waals surface area (Å²) in [4.78, 5) is 49.5. The number of thioether (sulfide) groups is 1. The Morgan fingerprint density at radius 2 is 1.86 bits per heavy atom. The first-order valence-corrected chi connectivity index (χ1v) is 12.2. The van der Waals surface area contributed by atoms with Crippen molar-refractivity contribution < 1.29 is 33.4 Å². The molecule has 0 bridgehead atoms. The van der Waals surface area contributed by atoms with Crippen LogP contribution in [0.2, 0.25) is 10.0 Å². The van der Waals surface area contributed by atoms with E-state index in [1.54, 1.807) is 31.2 Å². The molecule has 12 heteroatoms. The van der Waals surface area contributed by atoms with Crippen LogP contribution in [0.5, 0.6) is 11.5 Å². The number of aryl methyl sites for hydroxylation is 1. The number of carbonyl (C=O) groups excluding carboxylic acids is 4. The zero-order valence-electron chi connectivity index (χ0n) is 19.6. The van der Waals surface area contributed by atoms with Crippen molar-refractivity contribution in [1.82, 2.24) is 4.90 Å². The van der Waals surface area contributed by atoms with Crippen LogP contribution in [0.3, 0.4) is 0 Å². The highest BCUT2D eigenvalue weighted by molar-refractivity contribution is 8.18. The summed E-state index contributed by atoms with van der Waals surface area (Å²) in [6, 6.07) is 8.21. The van der Waals surface area contributed by atoms with E-state index in [0.29, 0.717) is 28.0 Å². The number of nitrogens with zero attached hydrogens (tertiary/aromatic N) is 1. The van der Waals surface area contributed by atoms with Gasteiger partial charge in [0, 0.05) is 10.7 Å². The molecule has 9 nitrogen and oxygen atoms in total. The summed E-state index contributed by atoms with van der Waals surface area (Å²) in [7, 11) is 1.17. The van der Waals surface area contributed by atoms with Crippen molar-refractivity contribution in [2.24, 2.45) is 0 Å². The number of hydrogen-bond donors (Lipinski definition) is 1. The number of rotatable bonds is 9. The Labute approximate surface area is 221 Å². The first-order chi connectivity index (χ1) is 17.1. The van der Waals surface area contributed by atoms with Crippen LogP contribution in [0.25, 0.3) is 6.08 Å². The van der Waals surface area contributed by atoms with Gasteiger partial charge in [0.05, 0.1) is 23.6 Å². The number of imide groups is 1. The van der Waals surface area contributed by atoms with E-state index in [-0.39, 0.29) is 34.6 Å². The Hall–Kier alpha value is -3.21. The zero-order valence-corrected chi connectivity index (χ0v) is 21.9. The SMILES string of the molecule is CCOc1cc(/C=C2\SC(=O)N(CC(=O)OC)C2=O)cc(Cl)c1OCC(=O)Nc1ccc(C)c(Cl)c1. The molecule has 2 aromatic carbocycles. The third-order valence-electron chi connectivity index (χ3n) is 4.82. The number of amides is 3. The van der Waals surface area contributed by atoms with Crippen LogP contribution >= 0.6 is 35.0 Å². The van der Waals surface area contributed by atoms with Gasteiger partial charge in [0.2, 0.25) is 0 Å². The van der Waals surface area contributed by atoms with Crippen molar-refractivity contribution in [3.8, 4) is 11.5 Å². The smallest absolute Gasteiger partial charge is 0.325 e. The molecule has 0 radical (unpaired) electrons. The lowest BCUT2D eigenvalue weighted by molar-refractivity contribution is -0.143. The molecule has 36 heavy (non-hydrogen) atoms. The molecule has 0 atom stereocenters. The molecule has 190 valence electrons. The van der Waals surface area contributed by atoms with Gasteiger partial charge in [-0.3, -0.25) is 24.1 Å². The lowest BCUT2D eigenvalue weighted by atomic mass is 10.1. The third-order valence-corrected chi connectivity index (χ3v) is 6.42. The van der Waals surface area contributed by atoms with E-state index in [9.17, 15) is 19.2 Å². The molecule has 1 heterocycles. The number of ether oxygens (including phenoxy) is 3. The van der Waals surface area contributed by atoms with E-state index < -0.39 is 29.6 Å². The minimum atomic E-state index is -0.712. The number of esters is 1. The molecule has 2 aromatic rings. The summed E-state index contributed by atoms with van der Waals surface area (Å²) in [5.74, 6) is -1.38. The van der Waals surface area contributed by atoms with Crippen molar-refractivity contribution in [1.29, 1.82) is 0 Å². The standard InChI is InChI=1S/C24H22Cl2N2O7S/c1-4-34-18-8-14(9-19-23(31)28(24(32)36-19)11-21(30)33-3)7-17(26)22(18)35-12-20(29)27-15-6-5-13(2)16(25)10-15/h5-10H,4,11-12H2,1-3H3,(H,27,29)/b19-9-. The minimum Gasteiger partial charge on any atom is -0.490 e. The fourth-order valence-electron chi connectivity index (χ4n) is 3.06. The van der Waals surface area contributed by atoms with Crippen LogP contribution in [-0.2, 0) is 19.1 Å². The Bertz CT molecular complexity index is 1250. The monoisotopic (exact) mass is 552 g/mol. The second-order valence-electron chi connectivity index (χ2n) is 7.41. The van der Waals surface area contributed by atoms with Crippen LogP contribution < -0.4 is 14.8 Å². The van der Waals surface area contributed by atoms with Crippen molar-refractivity contribution in [2.45, 2.75) is 13.8 Å². The normalized spacial score (nSPS) is 14.2. The lowest BCUT2D eigenvalue weighted by Gasteiger charge is -2.15. The van der Waals surface area contributed by atoms with Gasteiger partial charge in [0.1, 0.15) is 6.54 Å². The van der Waals surface area contributed by atoms with Crippen molar-refractivity contribution in [3.63, 3.8) is 0 Å². The van der Waals surface area contributed by atoms with Crippen LogP contribution in [-0.4, -0.2) is 54.8 Å². The Morgan fingerprint density at radius 3 is 2.53 bits per heavy atom. The highest BCUT2D eigenvalue weighted by atomic mass is 35.5. The number of nitrogens with one attached hydrogen (secondary N) is 1. The second kappa shape index (κ2) is 12.2. The molecule has 0 aromatic heterocycles. The fourth-order valence-corrected chi connectivity index (χ4v) is 4.35. The molecule has 0 spiro atoms. The van der Waals surface area contributed by atoms with Gasteiger partial charge >= 0.3 is 5.97 Å². The molecule has 3 rings (SSSR count). The van der Waals surface area contributed by atoms with Crippen LogP contribution in [0.15, 0.2) is 35.2 Å². The summed E-state index contributed by atoms with van der Waals surface area (Å²) >= 11 is 13.2. The van der Waals surface area contributed by atoms with E-state index in [1.807, 2.05) is 6.92 Å². The van der Waals surface area contributed by atoms with E-state index in [1.165, 1.54) is 19.3 Å². The van der Waals surface area contributed by atoms with Gasteiger partial charge in [-0.25, -0.2) is 0 Å². The van der Waals surface area contributed by atoms with Crippen molar-refractivity contribution in [2.75, 3.05) is 32.2 Å². The molecule has 1 N–H and O–H groups in total. The van der Waals surface area contributed by atoms with Gasteiger partial charge in [-0.2, -0.15) is 0 Å². The number of carbonyl (C=O) groups is 4. The van der Waals surface area contributed by atoms with Gasteiger partial charge in [-0.15, -0.1) is 0 Å². The molecule has 0 unspecified atom stereocenters. The highest BCUT2D eigenvalue weighted by Gasteiger charge is 2.36. The predicted octanol–water partition coefficient (Wildman–Crippen LogP) is 4.93. The molecular weight excluding hydrogens is 531 g/mol. The van der Waals surface area contributed by atoms with E-state index >= 15 is 0 Å². The molecule has 3 amide bonds. The molecule has 1 fully saturated rings. The van der Waals surface area contributed by atoms with Gasteiger partial charge in [-0.1, -0.05) is 29.3 Å². The zero-order chi connectivity index (χ0) is 26.4. The highest BCUT2D eigenvalue weighted by Crippen LogP contribution is 2.39. The predicted molar refractivity (Wildman–Crippen MR) is 138 cm³/mol. The third kappa shape index (κ3) is 6.71. The molecule has 1 aliphatic heterocycles. The Kier molecular flexibility index (Phi) is 9.25. The summed E-state index contributed by atoms with van der Waals surface area (Å²) in [5.41, 5.74) is 1.86. The van der Waals surface area contributed by atoms with E-state index in [4.69, 9.17) is 32.7 Å². The van der Waals surface area contributed by atoms with Crippen molar-refractivity contribution >= 4 is 69.8 Å². The van der Waals surface area contributed by atoms with Gasteiger partial charge < -0.3 is 19.5 Å². The maximum Gasteiger partial charge on any atom is 0.325 e. The number of methoxy groups -OCH3 is 1. The van der Waals surface area contributed by atoms with Gasteiger partial charge in [0.15, 0.2) is 18.1 Å². The van der Waals surface area contributed by atoms with Crippen LogP contribution in [0.4, 0.5) is 10.5 Å². The van der Waals surface area contributed by atoms with Gasteiger partial charge in [-0.05, 0) is 67.1 Å². The second-order valence-corrected chi connectivity index (χ2v) is 9.22. The fraction of sp³-hybridized carbons (Fsp3) is 0.250. The molecule has 1 saturated heterocycles. The van der Waals surface area contributed by atoms with Crippen LogP contribution in [0.1, 0.15) is 18.1 Å². The molecule has 0 aliphatic carbocycles. The van der Waals surface area contributed by atoms with E-state index in [0.717, 1.165) is 10.5 Å². The Balaban J connectivity index is 1.76. The number of hydrogen-bond acceptors (Lipinski definition) is 8. The average Bonchev–Trinajstić information content (AvgIpc) is 3.08. The molecule has 1 aliphatic rings. The first-order valence-electron chi connectivity index (χ1n) is 10.6. The average molecular weight is 553 g/mol. The first kappa shape index (κ1) is 27.4. The number of halogens is 2. The molecular formula is C24H22Cl2N2O7S. The summed E-state index contributed by atoms with van der Waals surface area (Å²) in [6.45, 7) is 3.06. The minimum absolute atomic E-state index is 0.104. The summed E-state index contributed by atoms with van der Waals surface area (Å²) in [6.07, 6.45) is 1.45. The maximum atomic E-state index is 12.6. The van der Waals surface area contributed by atoms with Crippen LogP contribution in [0, 0.1) is 6.92 Å². The maximum absolute atomic E-state index is 12.6. The van der Waals surface area contributed by atoms with Crippen molar-refractivity contribution in [3.05, 3.63) is 56.4 Å². The van der Waals surface area contributed by atoms with Gasteiger partial charge in [0.25, 0.3) is 17.1 Å². The summed E-state index contributed by atoms with van der Waals surface area (Å²) < 4.78 is 15.8. The summed E-state index contributed by atoms with van der Waals surface area (Å²) in [5, 5.41) is 2.75.